The van der Waals surface area contributed by atoms with Gasteiger partial charge in [-0.1, -0.05) is 18.2 Å². The highest BCUT2D eigenvalue weighted by Crippen LogP contribution is 2.29. The first kappa shape index (κ1) is 21.0. The van der Waals surface area contributed by atoms with Crippen molar-refractivity contribution >= 4 is 0 Å². The fraction of sp³-hybridized carbons (Fsp3) is 0.333. The Morgan fingerprint density at radius 1 is 1.07 bits per heavy atom. The number of aliphatic hydroxyl groups is 1. The van der Waals surface area contributed by atoms with Crippen molar-refractivity contribution in [1.82, 2.24) is 19.7 Å². The van der Waals surface area contributed by atoms with Crippen molar-refractivity contribution in [3.8, 4) is 0 Å². The van der Waals surface area contributed by atoms with Gasteiger partial charge in [-0.25, -0.2) is 22.8 Å². The highest BCUT2D eigenvalue weighted by atomic mass is 19.1. The average Bonchev–Trinajstić information content (AvgIpc) is 3.15. The van der Waals surface area contributed by atoms with Crippen LogP contribution < -0.4 is 0 Å². The van der Waals surface area contributed by atoms with E-state index in [0.717, 1.165) is 17.7 Å². The lowest BCUT2D eigenvalue weighted by Gasteiger charge is -2.37. The number of hydrogen-bond acceptors (Lipinski definition) is 4. The molecule has 0 aliphatic carbocycles. The average molecular weight is 404 g/mol. The van der Waals surface area contributed by atoms with Gasteiger partial charge in [0.25, 0.3) is 0 Å². The van der Waals surface area contributed by atoms with Gasteiger partial charge in [0.05, 0.1) is 6.54 Å². The van der Waals surface area contributed by atoms with Crippen LogP contribution in [0.1, 0.15) is 25.0 Å². The summed E-state index contributed by atoms with van der Waals surface area (Å²) in [6.07, 6.45) is 2.74. The summed E-state index contributed by atoms with van der Waals surface area (Å²) in [5.74, 6) is -1.89. The Balaban J connectivity index is 1.94. The van der Waals surface area contributed by atoms with E-state index >= 15 is 0 Å². The molecule has 0 spiro atoms. The van der Waals surface area contributed by atoms with Crippen molar-refractivity contribution in [1.29, 1.82) is 0 Å². The molecule has 0 bridgehead atoms. The molecule has 1 unspecified atom stereocenters. The molecule has 1 heterocycles. The third-order valence-electron chi connectivity index (χ3n) is 4.82. The van der Waals surface area contributed by atoms with Crippen LogP contribution in [0.5, 0.6) is 0 Å². The third-order valence-corrected chi connectivity index (χ3v) is 4.82. The lowest BCUT2D eigenvalue weighted by Crippen LogP contribution is -2.46. The van der Waals surface area contributed by atoms with Gasteiger partial charge >= 0.3 is 0 Å². The molecule has 3 aromatic rings. The monoisotopic (exact) mass is 404 g/mol. The van der Waals surface area contributed by atoms with E-state index in [2.05, 4.69) is 10.1 Å². The molecule has 3 rings (SSSR count). The second-order valence-corrected chi connectivity index (χ2v) is 7.37. The fourth-order valence-electron chi connectivity index (χ4n) is 3.25. The van der Waals surface area contributed by atoms with Gasteiger partial charge in [0.1, 0.15) is 35.7 Å². The Bertz CT molecular complexity index is 932. The molecule has 0 radical (unpaired) electrons. The van der Waals surface area contributed by atoms with Crippen molar-refractivity contribution < 1.29 is 18.3 Å². The largest absolute Gasteiger partial charge is 0.382 e. The van der Waals surface area contributed by atoms with Gasteiger partial charge in [0.15, 0.2) is 0 Å². The topological polar surface area (TPSA) is 54.2 Å². The zero-order chi connectivity index (χ0) is 21.0. The Labute approximate surface area is 167 Å². The van der Waals surface area contributed by atoms with Gasteiger partial charge in [-0.15, -0.1) is 0 Å². The summed E-state index contributed by atoms with van der Waals surface area (Å²) in [6, 6.07) is 9.18. The first-order chi connectivity index (χ1) is 13.8. The summed E-state index contributed by atoms with van der Waals surface area (Å²) in [5, 5.41) is 15.5. The van der Waals surface area contributed by atoms with Crippen LogP contribution in [0.25, 0.3) is 0 Å². The summed E-state index contributed by atoms with van der Waals surface area (Å²) in [5.41, 5.74) is -0.877. The number of halogens is 3. The summed E-state index contributed by atoms with van der Waals surface area (Å²) < 4.78 is 42.6. The Morgan fingerprint density at radius 3 is 2.34 bits per heavy atom. The van der Waals surface area contributed by atoms with E-state index < -0.39 is 17.2 Å². The molecule has 2 aromatic carbocycles. The third kappa shape index (κ3) is 5.21. The van der Waals surface area contributed by atoms with Gasteiger partial charge in [0.2, 0.25) is 0 Å². The lowest BCUT2D eigenvalue weighted by atomic mass is 9.91. The van der Waals surface area contributed by atoms with Crippen LogP contribution in [0.15, 0.2) is 55.1 Å². The van der Waals surface area contributed by atoms with Crippen LogP contribution >= 0.6 is 0 Å². The van der Waals surface area contributed by atoms with Crippen LogP contribution in [0.3, 0.4) is 0 Å². The van der Waals surface area contributed by atoms with Crippen molar-refractivity contribution in [2.45, 2.75) is 38.6 Å². The Morgan fingerprint density at radius 2 is 1.76 bits per heavy atom. The first-order valence-corrected chi connectivity index (χ1v) is 9.25. The molecule has 0 aliphatic rings. The SMILES string of the molecule is CC(C)N(Cc1ccc(F)cc1)CC(O)(Cn1cncn1)c1ccc(F)cc1F. The molecular formula is C21H23F3N4O. The van der Waals surface area contributed by atoms with Crippen molar-refractivity contribution in [3.05, 3.63) is 83.7 Å². The van der Waals surface area contributed by atoms with E-state index in [1.807, 2.05) is 18.7 Å². The summed E-state index contributed by atoms with van der Waals surface area (Å²) in [7, 11) is 0. The maximum Gasteiger partial charge on any atom is 0.137 e. The Hall–Kier alpha value is -2.71. The lowest BCUT2D eigenvalue weighted by molar-refractivity contribution is -0.0313. The summed E-state index contributed by atoms with van der Waals surface area (Å²) in [4.78, 5) is 5.80. The number of hydrogen-bond donors (Lipinski definition) is 1. The van der Waals surface area contributed by atoms with Crippen molar-refractivity contribution in [3.63, 3.8) is 0 Å². The second kappa shape index (κ2) is 8.75. The number of nitrogens with zero attached hydrogens (tertiary/aromatic N) is 4. The minimum Gasteiger partial charge on any atom is -0.382 e. The molecule has 8 heteroatoms. The summed E-state index contributed by atoms with van der Waals surface area (Å²) in [6.45, 7) is 4.29. The molecule has 0 fully saturated rings. The molecule has 0 aliphatic heterocycles. The van der Waals surface area contributed by atoms with Crippen molar-refractivity contribution in [2.75, 3.05) is 6.54 Å². The zero-order valence-electron chi connectivity index (χ0n) is 16.3. The van der Waals surface area contributed by atoms with E-state index in [1.54, 1.807) is 12.1 Å². The molecule has 0 saturated heterocycles. The molecule has 1 aromatic heterocycles. The van der Waals surface area contributed by atoms with Crippen molar-refractivity contribution in [2.24, 2.45) is 0 Å². The van der Waals surface area contributed by atoms with E-state index in [9.17, 15) is 18.3 Å². The number of rotatable bonds is 8. The fourth-order valence-corrected chi connectivity index (χ4v) is 3.25. The highest BCUT2D eigenvalue weighted by Gasteiger charge is 2.36. The first-order valence-electron chi connectivity index (χ1n) is 9.25. The maximum atomic E-state index is 14.6. The molecule has 5 nitrogen and oxygen atoms in total. The van der Waals surface area contributed by atoms with Gasteiger partial charge in [-0.3, -0.25) is 4.90 Å². The van der Waals surface area contributed by atoms with Gasteiger partial charge in [-0.2, -0.15) is 5.10 Å². The van der Waals surface area contributed by atoms with E-state index in [1.165, 1.54) is 35.5 Å². The standard InChI is InChI=1S/C21H23F3N4O/c1-15(2)27(10-16-3-5-17(22)6-4-16)11-21(29,12-28-14-25-13-26-28)19-8-7-18(23)9-20(19)24/h3-9,13-15,29H,10-12H2,1-2H3. The quantitative estimate of drug-likeness (QED) is 0.625. The van der Waals surface area contributed by atoms with Crippen LogP contribution in [0.2, 0.25) is 0 Å². The minimum atomic E-state index is -1.70. The van der Waals surface area contributed by atoms with Crippen LogP contribution in [0, 0.1) is 17.5 Å². The normalized spacial score (nSPS) is 13.8. The van der Waals surface area contributed by atoms with Crippen LogP contribution in [0.4, 0.5) is 13.2 Å². The Kier molecular flexibility index (Phi) is 6.34. The molecule has 1 atom stereocenters. The predicted octanol–water partition coefficient (Wildman–Crippen LogP) is 3.49. The minimum absolute atomic E-state index is 0.00849. The van der Waals surface area contributed by atoms with Crippen LogP contribution in [-0.2, 0) is 18.7 Å². The van der Waals surface area contributed by atoms with Crippen LogP contribution in [-0.4, -0.2) is 37.4 Å². The zero-order valence-corrected chi connectivity index (χ0v) is 16.3. The predicted molar refractivity (Wildman–Crippen MR) is 102 cm³/mol. The molecule has 0 amide bonds. The molecule has 154 valence electrons. The van der Waals surface area contributed by atoms with E-state index in [0.29, 0.717) is 6.54 Å². The maximum absolute atomic E-state index is 14.6. The van der Waals surface area contributed by atoms with Gasteiger partial charge < -0.3 is 5.11 Å². The summed E-state index contributed by atoms with van der Waals surface area (Å²) >= 11 is 0. The smallest absolute Gasteiger partial charge is 0.137 e. The molecule has 0 saturated carbocycles. The number of benzene rings is 2. The molecule has 1 N–H and O–H groups in total. The highest BCUT2D eigenvalue weighted by molar-refractivity contribution is 5.26. The number of aromatic nitrogens is 3. The van der Waals surface area contributed by atoms with Gasteiger partial charge in [-0.05, 0) is 37.6 Å². The van der Waals surface area contributed by atoms with Gasteiger partial charge in [0, 0.05) is 30.8 Å². The van der Waals surface area contributed by atoms with E-state index in [4.69, 9.17) is 0 Å². The van der Waals surface area contributed by atoms with E-state index in [-0.39, 0.29) is 30.5 Å². The molecular weight excluding hydrogens is 381 g/mol. The second-order valence-electron chi connectivity index (χ2n) is 7.37. The molecule has 29 heavy (non-hydrogen) atoms.